The summed E-state index contributed by atoms with van der Waals surface area (Å²) in [5, 5.41) is 9.32. The molecule has 0 aliphatic heterocycles. The highest BCUT2D eigenvalue weighted by atomic mass is 16.3. The Bertz CT molecular complexity index is 326. The molecule has 0 fully saturated rings. The summed E-state index contributed by atoms with van der Waals surface area (Å²) in [5.74, 6) is -0.0331. The van der Waals surface area contributed by atoms with E-state index < -0.39 is 0 Å². The summed E-state index contributed by atoms with van der Waals surface area (Å²) in [6.07, 6.45) is 0. The molecule has 0 radical (unpaired) electrons. The Morgan fingerprint density at radius 2 is 2.00 bits per heavy atom. The maximum Gasteiger partial charge on any atom is 0.159 e. The van der Waals surface area contributed by atoms with E-state index in [-0.39, 0.29) is 11.5 Å². The van der Waals surface area contributed by atoms with E-state index in [9.17, 15) is 9.90 Å². The Hall–Kier alpha value is -1.57. The zero-order valence-corrected chi connectivity index (χ0v) is 6.87. The first-order chi connectivity index (χ1) is 5.63. The fourth-order valence-electron chi connectivity index (χ4n) is 0.918. The lowest BCUT2D eigenvalue weighted by molar-refractivity contribution is -0.111. The first-order valence-corrected chi connectivity index (χ1v) is 3.61. The third-order valence-corrected chi connectivity index (χ3v) is 1.65. The summed E-state index contributed by atoms with van der Waals surface area (Å²) in [6.45, 7) is 5.00. The van der Waals surface area contributed by atoms with Gasteiger partial charge in [-0.1, -0.05) is 24.8 Å². The number of allylic oxidation sites excluding steroid dienone is 1. The van der Waals surface area contributed by atoms with Crippen molar-refractivity contribution in [3.8, 4) is 5.75 Å². The lowest BCUT2D eigenvalue weighted by atomic mass is 10.0. The molecule has 0 aliphatic carbocycles. The average Bonchev–Trinajstić information content (AvgIpc) is 2.04. The summed E-state index contributed by atoms with van der Waals surface area (Å²) in [7, 11) is 0. The molecule has 1 rings (SSSR count). The molecule has 2 heteroatoms. The summed E-state index contributed by atoms with van der Waals surface area (Å²) in [6, 6.07) is 6.65. The van der Waals surface area contributed by atoms with Crippen LogP contribution in [0.4, 0.5) is 0 Å². The van der Waals surface area contributed by atoms with E-state index in [1.165, 1.54) is 13.0 Å². The van der Waals surface area contributed by atoms with Gasteiger partial charge in [0.05, 0.1) is 0 Å². The number of aromatic hydroxyl groups is 1. The molecule has 2 nitrogen and oxygen atoms in total. The van der Waals surface area contributed by atoms with Crippen LogP contribution in [0.2, 0.25) is 0 Å². The second-order valence-corrected chi connectivity index (χ2v) is 2.55. The van der Waals surface area contributed by atoms with Crippen LogP contribution in [0.1, 0.15) is 12.5 Å². The van der Waals surface area contributed by atoms with Gasteiger partial charge >= 0.3 is 0 Å². The van der Waals surface area contributed by atoms with E-state index in [2.05, 4.69) is 6.58 Å². The summed E-state index contributed by atoms with van der Waals surface area (Å²) in [4.78, 5) is 10.9. The maximum absolute atomic E-state index is 10.9. The molecule has 1 N–H and O–H groups in total. The molecule has 0 saturated carbocycles. The molecule has 0 bridgehead atoms. The van der Waals surface area contributed by atoms with Crippen molar-refractivity contribution in [2.45, 2.75) is 6.92 Å². The number of rotatable bonds is 2. The molecule has 0 unspecified atom stereocenters. The van der Waals surface area contributed by atoms with Crippen molar-refractivity contribution in [1.82, 2.24) is 0 Å². The molecule has 0 spiro atoms. The van der Waals surface area contributed by atoms with Gasteiger partial charge in [-0.05, 0) is 13.0 Å². The SMILES string of the molecule is C=C(C(C)=O)c1ccccc1O. The van der Waals surface area contributed by atoms with Crippen LogP contribution in [-0.4, -0.2) is 10.9 Å². The Balaban J connectivity index is 3.11. The van der Waals surface area contributed by atoms with Gasteiger partial charge in [-0.2, -0.15) is 0 Å². The van der Waals surface area contributed by atoms with Crippen LogP contribution in [-0.2, 0) is 4.79 Å². The highest BCUT2D eigenvalue weighted by molar-refractivity contribution is 6.19. The molecule has 0 aromatic heterocycles. The Morgan fingerprint density at radius 3 is 2.50 bits per heavy atom. The largest absolute Gasteiger partial charge is 0.507 e. The van der Waals surface area contributed by atoms with Gasteiger partial charge in [-0.15, -0.1) is 0 Å². The number of phenolic OH excluding ortho intramolecular Hbond substituents is 1. The minimum Gasteiger partial charge on any atom is -0.507 e. The van der Waals surface area contributed by atoms with Crippen LogP contribution in [0.5, 0.6) is 5.75 Å². The molecule has 1 aromatic rings. The van der Waals surface area contributed by atoms with Crippen molar-refractivity contribution in [3.63, 3.8) is 0 Å². The van der Waals surface area contributed by atoms with E-state index in [0.717, 1.165) is 0 Å². The highest BCUT2D eigenvalue weighted by Crippen LogP contribution is 2.23. The van der Waals surface area contributed by atoms with Gasteiger partial charge in [0.1, 0.15) is 5.75 Å². The van der Waals surface area contributed by atoms with E-state index in [1.54, 1.807) is 18.2 Å². The van der Waals surface area contributed by atoms with E-state index in [1.807, 2.05) is 0 Å². The van der Waals surface area contributed by atoms with Gasteiger partial charge in [0.25, 0.3) is 0 Å². The van der Waals surface area contributed by atoms with Crippen LogP contribution in [0.3, 0.4) is 0 Å². The van der Waals surface area contributed by atoms with Crippen LogP contribution in [0.15, 0.2) is 30.8 Å². The van der Waals surface area contributed by atoms with Crippen molar-refractivity contribution in [2.24, 2.45) is 0 Å². The van der Waals surface area contributed by atoms with Crippen molar-refractivity contribution in [1.29, 1.82) is 0 Å². The average molecular weight is 162 g/mol. The van der Waals surface area contributed by atoms with Gasteiger partial charge in [0.2, 0.25) is 0 Å². The van der Waals surface area contributed by atoms with Crippen LogP contribution < -0.4 is 0 Å². The topological polar surface area (TPSA) is 37.3 Å². The zero-order chi connectivity index (χ0) is 9.14. The fraction of sp³-hybridized carbons (Fsp3) is 0.100. The number of ketones is 1. The summed E-state index contributed by atoms with van der Waals surface area (Å²) >= 11 is 0. The van der Waals surface area contributed by atoms with Gasteiger partial charge < -0.3 is 5.11 Å². The van der Waals surface area contributed by atoms with Gasteiger partial charge in [0.15, 0.2) is 5.78 Å². The number of para-hydroxylation sites is 1. The first-order valence-electron chi connectivity index (χ1n) is 3.61. The highest BCUT2D eigenvalue weighted by Gasteiger charge is 2.07. The number of hydrogen-bond donors (Lipinski definition) is 1. The standard InChI is InChI=1S/C10H10O2/c1-7(8(2)11)9-5-3-4-6-10(9)12/h3-6,12H,1H2,2H3. The molecule has 1 aromatic carbocycles. The first kappa shape index (κ1) is 8.53. The number of carbonyl (C=O) groups is 1. The molecular formula is C10H10O2. The molecule has 12 heavy (non-hydrogen) atoms. The molecule has 0 aliphatic rings. The quantitative estimate of drug-likeness (QED) is 0.675. The second-order valence-electron chi connectivity index (χ2n) is 2.55. The third kappa shape index (κ3) is 1.53. The smallest absolute Gasteiger partial charge is 0.159 e. The molecule has 0 amide bonds. The molecule has 62 valence electrons. The number of benzene rings is 1. The minimum atomic E-state index is -0.128. The lowest BCUT2D eigenvalue weighted by Crippen LogP contribution is -1.93. The molecular weight excluding hydrogens is 152 g/mol. The number of Topliss-reactive ketones (excluding diaryl/α,β-unsaturated/α-hetero) is 1. The Morgan fingerprint density at radius 1 is 1.42 bits per heavy atom. The van der Waals surface area contributed by atoms with Crippen LogP contribution in [0.25, 0.3) is 5.57 Å². The predicted molar refractivity (Wildman–Crippen MR) is 47.8 cm³/mol. The molecule has 0 saturated heterocycles. The summed E-state index contributed by atoms with van der Waals surface area (Å²) < 4.78 is 0. The number of carbonyl (C=O) groups excluding carboxylic acids is 1. The fourth-order valence-corrected chi connectivity index (χ4v) is 0.918. The van der Waals surface area contributed by atoms with Gasteiger partial charge in [-0.3, -0.25) is 4.79 Å². The second kappa shape index (κ2) is 3.22. The third-order valence-electron chi connectivity index (χ3n) is 1.65. The predicted octanol–water partition coefficient (Wildman–Crippen LogP) is 1.99. The maximum atomic E-state index is 10.9. The van der Waals surface area contributed by atoms with E-state index >= 15 is 0 Å². The number of hydrogen-bond acceptors (Lipinski definition) is 2. The Labute approximate surface area is 71.2 Å². The number of phenols is 1. The molecule has 0 heterocycles. The van der Waals surface area contributed by atoms with Crippen molar-refractivity contribution >= 4 is 11.4 Å². The Kier molecular flexibility index (Phi) is 2.29. The van der Waals surface area contributed by atoms with Gasteiger partial charge in [0, 0.05) is 11.1 Å². The summed E-state index contributed by atoms with van der Waals surface area (Å²) in [5.41, 5.74) is 0.845. The van der Waals surface area contributed by atoms with Gasteiger partial charge in [-0.25, -0.2) is 0 Å². The minimum absolute atomic E-state index is 0.0951. The van der Waals surface area contributed by atoms with Crippen molar-refractivity contribution in [3.05, 3.63) is 36.4 Å². The monoisotopic (exact) mass is 162 g/mol. The van der Waals surface area contributed by atoms with E-state index in [0.29, 0.717) is 11.1 Å². The van der Waals surface area contributed by atoms with E-state index in [4.69, 9.17) is 0 Å². The normalized spacial score (nSPS) is 9.42. The van der Waals surface area contributed by atoms with Crippen LogP contribution >= 0.6 is 0 Å². The van der Waals surface area contributed by atoms with Crippen molar-refractivity contribution in [2.75, 3.05) is 0 Å². The lowest BCUT2D eigenvalue weighted by Gasteiger charge is -2.03. The van der Waals surface area contributed by atoms with Crippen molar-refractivity contribution < 1.29 is 9.90 Å². The molecule has 0 atom stereocenters. The zero-order valence-electron chi connectivity index (χ0n) is 6.87. The van der Waals surface area contributed by atoms with Crippen LogP contribution in [0, 0.1) is 0 Å².